The SMILES string of the molecule is CS(=O)(=O)CCOC(=O)N1[C@@H]2C=CCC[C@@H]2C[C@H]1OC(=O)O. The van der Waals surface area contributed by atoms with Crippen molar-refractivity contribution in [1.29, 1.82) is 0 Å². The van der Waals surface area contributed by atoms with Crippen molar-refractivity contribution in [3.8, 4) is 0 Å². The molecular formula is C13H19NO7S. The topological polar surface area (TPSA) is 110 Å². The molecule has 1 fully saturated rings. The summed E-state index contributed by atoms with van der Waals surface area (Å²) in [6, 6.07) is -0.274. The highest BCUT2D eigenvalue weighted by atomic mass is 32.2. The van der Waals surface area contributed by atoms with Crippen molar-refractivity contribution in [2.45, 2.75) is 31.5 Å². The first-order valence-electron chi connectivity index (χ1n) is 6.97. The Bertz CT molecular complexity index is 571. The molecule has 2 aliphatic rings. The van der Waals surface area contributed by atoms with Crippen LogP contribution in [0.15, 0.2) is 12.2 Å². The van der Waals surface area contributed by atoms with E-state index in [-0.39, 0.29) is 24.3 Å². The maximum Gasteiger partial charge on any atom is 0.507 e. The van der Waals surface area contributed by atoms with Crippen LogP contribution in [-0.2, 0) is 19.3 Å². The lowest BCUT2D eigenvalue weighted by atomic mass is 9.90. The van der Waals surface area contributed by atoms with E-state index in [2.05, 4.69) is 0 Å². The van der Waals surface area contributed by atoms with Gasteiger partial charge >= 0.3 is 12.2 Å². The Kier molecular flexibility index (Phi) is 4.94. The van der Waals surface area contributed by atoms with Crippen LogP contribution < -0.4 is 0 Å². The maximum absolute atomic E-state index is 12.2. The molecule has 0 bridgehead atoms. The predicted octanol–water partition coefficient (Wildman–Crippen LogP) is 1.23. The van der Waals surface area contributed by atoms with Crippen molar-refractivity contribution < 1.29 is 32.6 Å². The van der Waals surface area contributed by atoms with Gasteiger partial charge in [0.25, 0.3) is 0 Å². The molecule has 0 radical (unpaired) electrons. The van der Waals surface area contributed by atoms with Crippen LogP contribution in [0.25, 0.3) is 0 Å². The molecule has 0 aromatic carbocycles. The Morgan fingerprint density at radius 1 is 1.41 bits per heavy atom. The van der Waals surface area contributed by atoms with E-state index in [0.29, 0.717) is 6.42 Å². The molecule has 8 nitrogen and oxygen atoms in total. The highest BCUT2D eigenvalue weighted by Crippen LogP contribution is 2.37. The molecule has 124 valence electrons. The average molecular weight is 333 g/mol. The van der Waals surface area contributed by atoms with Crippen LogP contribution in [0.2, 0.25) is 0 Å². The number of fused-ring (bicyclic) bond motifs is 1. The van der Waals surface area contributed by atoms with Gasteiger partial charge in [-0.05, 0) is 18.8 Å². The molecule has 3 atom stereocenters. The van der Waals surface area contributed by atoms with E-state index >= 15 is 0 Å². The van der Waals surface area contributed by atoms with Gasteiger partial charge in [0.05, 0.1) is 11.8 Å². The van der Waals surface area contributed by atoms with Crippen molar-refractivity contribution in [2.75, 3.05) is 18.6 Å². The van der Waals surface area contributed by atoms with E-state index in [0.717, 1.165) is 19.1 Å². The smallest absolute Gasteiger partial charge is 0.450 e. The standard InChI is InChI=1S/C13H19NO7S/c1-22(18,19)7-6-20-12(15)14-10-5-3-2-4-9(10)8-11(14)21-13(16)17/h3,5,9-11H,2,4,6-8H2,1H3,(H,16,17)/t9-,10-,11-/m1/s1. The second-order valence-electron chi connectivity index (χ2n) is 5.48. The Morgan fingerprint density at radius 3 is 2.77 bits per heavy atom. The number of hydrogen-bond donors (Lipinski definition) is 1. The summed E-state index contributed by atoms with van der Waals surface area (Å²) in [5.74, 6) is -0.155. The molecule has 0 unspecified atom stereocenters. The molecular weight excluding hydrogens is 314 g/mol. The number of allylic oxidation sites excluding steroid dienone is 1. The van der Waals surface area contributed by atoms with Gasteiger partial charge in [-0.15, -0.1) is 0 Å². The van der Waals surface area contributed by atoms with E-state index in [1.165, 1.54) is 4.90 Å². The lowest BCUT2D eigenvalue weighted by molar-refractivity contribution is -0.0182. The fourth-order valence-electron chi connectivity index (χ4n) is 2.83. The minimum Gasteiger partial charge on any atom is -0.450 e. The van der Waals surface area contributed by atoms with Crippen molar-refractivity contribution >= 4 is 22.1 Å². The summed E-state index contributed by atoms with van der Waals surface area (Å²) >= 11 is 0. The molecule has 1 aliphatic carbocycles. The van der Waals surface area contributed by atoms with Crippen LogP contribution >= 0.6 is 0 Å². The Balaban J connectivity index is 2.05. The molecule has 1 heterocycles. The van der Waals surface area contributed by atoms with Crippen LogP contribution in [0, 0.1) is 5.92 Å². The first-order valence-corrected chi connectivity index (χ1v) is 9.03. The molecule has 2 rings (SSSR count). The fraction of sp³-hybridized carbons (Fsp3) is 0.692. The monoisotopic (exact) mass is 333 g/mol. The first-order chi connectivity index (χ1) is 10.3. The molecule has 0 saturated carbocycles. The second-order valence-corrected chi connectivity index (χ2v) is 7.74. The third kappa shape index (κ3) is 4.12. The third-order valence-electron chi connectivity index (χ3n) is 3.78. The quantitative estimate of drug-likeness (QED) is 0.608. The van der Waals surface area contributed by atoms with Gasteiger partial charge in [-0.25, -0.2) is 18.0 Å². The lowest BCUT2D eigenvalue weighted by Crippen LogP contribution is -2.44. The predicted molar refractivity (Wildman–Crippen MR) is 76.1 cm³/mol. The number of nitrogens with zero attached hydrogens (tertiary/aromatic N) is 1. The van der Waals surface area contributed by atoms with E-state index < -0.39 is 28.3 Å². The fourth-order valence-corrected chi connectivity index (χ4v) is 3.22. The summed E-state index contributed by atoms with van der Waals surface area (Å²) < 4.78 is 31.8. The van der Waals surface area contributed by atoms with Crippen LogP contribution in [-0.4, -0.2) is 61.6 Å². The molecule has 0 aromatic heterocycles. The summed E-state index contributed by atoms with van der Waals surface area (Å²) in [6.07, 6.45) is 3.84. The van der Waals surface area contributed by atoms with Gasteiger partial charge in [0, 0.05) is 12.7 Å². The normalized spacial score (nSPS) is 27.3. The Morgan fingerprint density at radius 2 is 2.14 bits per heavy atom. The number of carbonyl (C=O) groups excluding carboxylic acids is 1. The largest absolute Gasteiger partial charge is 0.507 e. The number of likely N-dealkylation sites (tertiary alicyclic amines) is 1. The summed E-state index contributed by atoms with van der Waals surface area (Å²) in [5.41, 5.74) is 0. The molecule has 1 saturated heterocycles. The van der Waals surface area contributed by atoms with Gasteiger partial charge in [-0.1, -0.05) is 12.2 Å². The third-order valence-corrected chi connectivity index (χ3v) is 4.69. The number of carboxylic acid groups (broad SMARTS) is 1. The maximum atomic E-state index is 12.2. The zero-order valence-electron chi connectivity index (χ0n) is 12.2. The summed E-state index contributed by atoms with van der Waals surface area (Å²) in [4.78, 5) is 24.2. The molecule has 0 aromatic rings. The van der Waals surface area contributed by atoms with Crippen molar-refractivity contribution in [2.24, 2.45) is 5.92 Å². The van der Waals surface area contributed by atoms with Crippen molar-refractivity contribution in [3.63, 3.8) is 0 Å². The average Bonchev–Trinajstić information content (AvgIpc) is 2.73. The van der Waals surface area contributed by atoms with E-state index in [1.54, 1.807) is 0 Å². The number of sulfone groups is 1. The van der Waals surface area contributed by atoms with E-state index in [9.17, 15) is 18.0 Å². The molecule has 1 aliphatic heterocycles. The van der Waals surface area contributed by atoms with Gasteiger partial charge < -0.3 is 14.6 Å². The van der Waals surface area contributed by atoms with Gasteiger partial charge in [0.2, 0.25) is 0 Å². The van der Waals surface area contributed by atoms with Gasteiger partial charge in [-0.2, -0.15) is 0 Å². The van der Waals surface area contributed by atoms with Crippen molar-refractivity contribution in [3.05, 3.63) is 12.2 Å². The minimum absolute atomic E-state index is 0.122. The number of amides is 1. The Labute approximate surface area is 128 Å². The summed E-state index contributed by atoms with van der Waals surface area (Å²) in [5, 5.41) is 8.79. The second kappa shape index (κ2) is 6.55. The molecule has 22 heavy (non-hydrogen) atoms. The summed E-state index contributed by atoms with van der Waals surface area (Å²) in [7, 11) is -3.23. The van der Waals surface area contributed by atoms with Crippen LogP contribution in [0.4, 0.5) is 9.59 Å². The van der Waals surface area contributed by atoms with Gasteiger partial charge in [-0.3, -0.25) is 4.90 Å². The number of ether oxygens (including phenoxy) is 2. The van der Waals surface area contributed by atoms with E-state index in [4.69, 9.17) is 14.6 Å². The summed E-state index contributed by atoms with van der Waals surface area (Å²) in [6.45, 7) is -0.269. The highest BCUT2D eigenvalue weighted by molar-refractivity contribution is 7.90. The first kappa shape index (κ1) is 16.6. The molecule has 1 amide bonds. The van der Waals surface area contributed by atoms with Crippen LogP contribution in [0.1, 0.15) is 19.3 Å². The van der Waals surface area contributed by atoms with Crippen molar-refractivity contribution in [1.82, 2.24) is 4.90 Å². The van der Waals surface area contributed by atoms with E-state index in [1.807, 2.05) is 12.2 Å². The number of hydrogen-bond acceptors (Lipinski definition) is 6. The van der Waals surface area contributed by atoms with Gasteiger partial charge in [0.15, 0.2) is 16.1 Å². The minimum atomic E-state index is -3.23. The van der Waals surface area contributed by atoms with Gasteiger partial charge in [0.1, 0.15) is 6.61 Å². The molecule has 1 N–H and O–H groups in total. The van der Waals surface area contributed by atoms with Crippen LogP contribution in [0.3, 0.4) is 0 Å². The Hall–Kier alpha value is -1.77. The number of carbonyl (C=O) groups is 2. The highest BCUT2D eigenvalue weighted by Gasteiger charge is 2.46. The van der Waals surface area contributed by atoms with Crippen LogP contribution in [0.5, 0.6) is 0 Å². The molecule has 0 spiro atoms. The molecule has 9 heteroatoms. The number of rotatable bonds is 4. The zero-order valence-corrected chi connectivity index (χ0v) is 13.0. The lowest BCUT2D eigenvalue weighted by Gasteiger charge is -2.29. The zero-order chi connectivity index (χ0) is 16.3.